The Balaban J connectivity index is 1.84. The number of aromatic nitrogens is 2. The maximum absolute atomic E-state index is 12.4. The van der Waals surface area contributed by atoms with Gasteiger partial charge in [-0.2, -0.15) is 0 Å². The van der Waals surface area contributed by atoms with E-state index >= 15 is 0 Å². The number of hydrogen-bond acceptors (Lipinski definition) is 5. The van der Waals surface area contributed by atoms with Crippen molar-refractivity contribution in [2.24, 2.45) is 0 Å². The molecule has 160 valence electrons. The number of nitrogens with one attached hydrogen (secondary N) is 3. The van der Waals surface area contributed by atoms with Gasteiger partial charge in [0.1, 0.15) is 23.0 Å². The topological polar surface area (TPSA) is 116 Å². The monoisotopic (exact) mass is 413 g/mol. The van der Waals surface area contributed by atoms with Gasteiger partial charge in [-0.25, -0.2) is 4.98 Å². The second-order valence-corrected chi connectivity index (χ2v) is 7.24. The van der Waals surface area contributed by atoms with Crippen LogP contribution in [0.15, 0.2) is 24.3 Å². The van der Waals surface area contributed by atoms with Crippen LogP contribution in [0.25, 0.3) is 11.3 Å². The minimum atomic E-state index is -0.256. The molecule has 1 fully saturated rings. The predicted octanol–water partition coefficient (Wildman–Crippen LogP) is 1.29. The number of ether oxygens (including phenoxy) is 1. The van der Waals surface area contributed by atoms with Crippen molar-refractivity contribution in [3.63, 3.8) is 0 Å². The second-order valence-electron chi connectivity index (χ2n) is 7.24. The molecule has 3 N–H and O–H groups in total. The van der Waals surface area contributed by atoms with Crippen LogP contribution in [-0.2, 0) is 9.59 Å². The normalized spacial score (nSPS) is 16.1. The smallest absolute Gasteiger partial charge is 0.269 e. The quantitative estimate of drug-likeness (QED) is 0.660. The van der Waals surface area contributed by atoms with E-state index in [1.165, 1.54) is 6.92 Å². The van der Waals surface area contributed by atoms with Gasteiger partial charge in [0.2, 0.25) is 11.8 Å². The van der Waals surface area contributed by atoms with Crippen molar-refractivity contribution in [1.82, 2.24) is 25.5 Å². The van der Waals surface area contributed by atoms with Gasteiger partial charge in [0.25, 0.3) is 5.91 Å². The minimum absolute atomic E-state index is 0.0131. The molecule has 1 unspecified atom stereocenters. The Hall–Kier alpha value is -3.36. The largest absolute Gasteiger partial charge is 0.497 e. The molecule has 2 heterocycles. The Morgan fingerprint density at radius 1 is 1.27 bits per heavy atom. The summed E-state index contributed by atoms with van der Waals surface area (Å²) in [7, 11) is 3.17. The highest BCUT2D eigenvalue weighted by molar-refractivity contribution is 5.98. The first-order valence-corrected chi connectivity index (χ1v) is 9.91. The number of aromatic amines is 1. The molecule has 1 aliphatic rings. The lowest BCUT2D eigenvalue weighted by molar-refractivity contribution is -0.133. The zero-order chi connectivity index (χ0) is 21.7. The van der Waals surface area contributed by atoms with Crippen molar-refractivity contribution in [3.8, 4) is 17.0 Å². The number of benzene rings is 1. The summed E-state index contributed by atoms with van der Waals surface area (Å²) in [6.07, 6.45) is 1.68. The molecule has 0 aliphatic carbocycles. The van der Waals surface area contributed by atoms with Crippen LogP contribution in [0, 0.1) is 0 Å². The third kappa shape index (κ3) is 4.79. The molecule has 0 radical (unpaired) electrons. The fourth-order valence-corrected chi connectivity index (χ4v) is 3.57. The first-order chi connectivity index (χ1) is 14.4. The van der Waals surface area contributed by atoms with Gasteiger partial charge in [-0.05, 0) is 37.1 Å². The maximum atomic E-state index is 12.4. The van der Waals surface area contributed by atoms with Crippen molar-refractivity contribution in [2.45, 2.75) is 25.7 Å². The van der Waals surface area contributed by atoms with E-state index in [1.54, 1.807) is 19.1 Å². The van der Waals surface area contributed by atoms with E-state index in [4.69, 9.17) is 9.72 Å². The number of likely N-dealkylation sites (tertiary alicyclic amines) is 1. The standard InChI is InChI=1S/C21H27N5O4/c1-13(27)23-11-17(28)26-10-4-5-15(12-26)20-24-18(19(25-20)21(29)22-2)14-6-8-16(30-3)9-7-14/h6-9,15H,4-5,10-12H2,1-3H3,(H,22,29)(H,23,27)(H,24,25). The van der Waals surface area contributed by atoms with Crippen molar-refractivity contribution >= 4 is 17.7 Å². The molecule has 9 nitrogen and oxygen atoms in total. The molecule has 0 bridgehead atoms. The number of carbonyl (C=O) groups is 3. The van der Waals surface area contributed by atoms with Crippen LogP contribution in [0.1, 0.15) is 42.0 Å². The average Bonchev–Trinajstić information content (AvgIpc) is 3.22. The number of hydrogen-bond donors (Lipinski definition) is 3. The summed E-state index contributed by atoms with van der Waals surface area (Å²) < 4.78 is 5.20. The van der Waals surface area contributed by atoms with Crippen molar-refractivity contribution in [3.05, 3.63) is 35.8 Å². The Kier molecular flexibility index (Phi) is 6.71. The molecule has 1 aromatic heterocycles. The van der Waals surface area contributed by atoms with Crippen molar-refractivity contribution in [2.75, 3.05) is 33.8 Å². The van der Waals surface area contributed by atoms with Gasteiger partial charge in [0, 0.05) is 38.5 Å². The number of rotatable bonds is 6. The fourth-order valence-electron chi connectivity index (χ4n) is 3.57. The van der Waals surface area contributed by atoms with Crippen LogP contribution < -0.4 is 15.4 Å². The summed E-state index contributed by atoms with van der Waals surface area (Å²) >= 11 is 0. The van der Waals surface area contributed by atoms with Gasteiger partial charge in [-0.3, -0.25) is 14.4 Å². The van der Waals surface area contributed by atoms with Gasteiger partial charge < -0.3 is 25.3 Å². The molecule has 1 saturated heterocycles. The Labute approximate surface area is 175 Å². The van der Waals surface area contributed by atoms with E-state index in [9.17, 15) is 14.4 Å². The highest BCUT2D eigenvalue weighted by Gasteiger charge is 2.29. The van der Waals surface area contributed by atoms with Crippen molar-refractivity contribution < 1.29 is 19.1 Å². The summed E-state index contributed by atoms with van der Waals surface area (Å²) in [5, 5.41) is 5.19. The zero-order valence-corrected chi connectivity index (χ0v) is 17.4. The van der Waals surface area contributed by atoms with Crippen LogP contribution in [0.4, 0.5) is 0 Å². The van der Waals surface area contributed by atoms with Gasteiger partial charge in [0.15, 0.2) is 0 Å². The van der Waals surface area contributed by atoms with Crippen LogP contribution >= 0.6 is 0 Å². The molecule has 9 heteroatoms. The zero-order valence-electron chi connectivity index (χ0n) is 17.4. The number of piperidine rings is 1. The van der Waals surface area contributed by atoms with E-state index < -0.39 is 0 Å². The third-order valence-electron chi connectivity index (χ3n) is 5.19. The number of imidazole rings is 1. The molecule has 0 spiro atoms. The Morgan fingerprint density at radius 2 is 2.00 bits per heavy atom. The van der Waals surface area contributed by atoms with Crippen LogP contribution in [0.5, 0.6) is 5.75 Å². The van der Waals surface area contributed by atoms with Gasteiger partial charge in [0.05, 0.1) is 13.7 Å². The lowest BCUT2D eigenvalue weighted by Crippen LogP contribution is -2.44. The molecule has 0 saturated carbocycles. The highest BCUT2D eigenvalue weighted by atomic mass is 16.5. The second kappa shape index (κ2) is 9.43. The van der Waals surface area contributed by atoms with E-state index in [0.29, 0.717) is 30.3 Å². The predicted molar refractivity (Wildman–Crippen MR) is 111 cm³/mol. The lowest BCUT2D eigenvalue weighted by Gasteiger charge is -2.32. The number of methoxy groups -OCH3 is 1. The average molecular weight is 413 g/mol. The molecule has 1 aromatic carbocycles. The molecule has 30 heavy (non-hydrogen) atoms. The number of nitrogens with zero attached hydrogens (tertiary/aromatic N) is 2. The number of amides is 3. The van der Waals surface area contributed by atoms with Crippen LogP contribution in [0.3, 0.4) is 0 Å². The number of H-pyrrole nitrogens is 1. The summed E-state index contributed by atoms with van der Waals surface area (Å²) in [6, 6.07) is 7.35. The molecular formula is C21H27N5O4. The first kappa shape index (κ1) is 21.4. The summed E-state index contributed by atoms with van der Waals surface area (Å²) in [4.78, 5) is 45.6. The molecule has 3 amide bonds. The van der Waals surface area contributed by atoms with Gasteiger partial charge in [-0.15, -0.1) is 0 Å². The number of carbonyl (C=O) groups excluding carboxylic acids is 3. The van der Waals surface area contributed by atoms with E-state index in [1.807, 2.05) is 24.3 Å². The molecule has 2 aromatic rings. The van der Waals surface area contributed by atoms with Gasteiger partial charge >= 0.3 is 0 Å². The van der Waals surface area contributed by atoms with Crippen molar-refractivity contribution in [1.29, 1.82) is 0 Å². The lowest BCUT2D eigenvalue weighted by atomic mass is 9.97. The first-order valence-electron chi connectivity index (χ1n) is 9.91. The van der Waals surface area contributed by atoms with E-state index in [-0.39, 0.29) is 30.2 Å². The molecule has 1 atom stereocenters. The van der Waals surface area contributed by atoms with Crippen LogP contribution in [-0.4, -0.2) is 66.4 Å². The maximum Gasteiger partial charge on any atom is 0.269 e. The molecular weight excluding hydrogens is 386 g/mol. The molecule has 3 rings (SSSR count). The summed E-state index contributed by atoms with van der Waals surface area (Å²) in [6.45, 7) is 2.50. The Bertz CT molecular complexity index is 922. The fraction of sp³-hybridized carbons (Fsp3) is 0.429. The minimum Gasteiger partial charge on any atom is -0.497 e. The molecule has 1 aliphatic heterocycles. The van der Waals surface area contributed by atoms with Crippen LogP contribution in [0.2, 0.25) is 0 Å². The van der Waals surface area contributed by atoms with Gasteiger partial charge in [-0.1, -0.05) is 0 Å². The summed E-state index contributed by atoms with van der Waals surface area (Å²) in [5.41, 5.74) is 1.75. The third-order valence-corrected chi connectivity index (χ3v) is 5.19. The van der Waals surface area contributed by atoms with E-state index in [0.717, 1.165) is 24.2 Å². The SMILES string of the molecule is CNC(=O)c1[nH]c(C2CCCN(C(=O)CNC(C)=O)C2)nc1-c1ccc(OC)cc1. The highest BCUT2D eigenvalue weighted by Crippen LogP contribution is 2.30. The Morgan fingerprint density at radius 3 is 2.63 bits per heavy atom. The summed E-state index contributed by atoms with van der Waals surface area (Å²) in [5.74, 6) is 0.767. The van der Waals surface area contributed by atoms with E-state index in [2.05, 4.69) is 15.6 Å².